The standard InChI is InChI=1S/C24H30N2O3S.C3H8/c1-16(2)23-26-22(13-29-23)19-6-10-21(11-7-19)30-20-8-4-18(5-9-20)17(3)12-24(25,14-27)15-28;1-3-2/h4-11,13,16-17,27-28H,12,14-15,25H2,1-3H3;3H2,1-2H3. The lowest BCUT2D eigenvalue weighted by Gasteiger charge is -2.28. The Morgan fingerprint density at radius 2 is 1.45 bits per heavy atom. The summed E-state index contributed by atoms with van der Waals surface area (Å²) in [6, 6.07) is 16.6. The van der Waals surface area contributed by atoms with Crippen LogP contribution in [-0.4, -0.2) is 33.9 Å². The highest BCUT2D eigenvalue weighted by atomic mass is 32.2. The molecule has 1 unspecified atom stereocenters. The Labute approximate surface area is 202 Å². The molecule has 1 heterocycles. The summed E-state index contributed by atoms with van der Waals surface area (Å²) >= 11 is 1.70. The lowest BCUT2D eigenvalue weighted by Crippen LogP contribution is -2.48. The van der Waals surface area contributed by atoms with Crippen LogP contribution in [0.15, 0.2) is 69.0 Å². The molecule has 0 saturated carbocycles. The Balaban J connectivity index is 0.00000122. The molecule has 6 heteroatoms. The number of aliphatic hydroxyl groups excluding tert-OH is 2. The van der Waals surface area contributed by atoms with E-state index < -0.39 is 5.54 Å². The average molecular weight is 471 g/mol. The lowest BCUT2D eigenvalue weighted by atomic mass is 9.86. The normalized spacial score (nSPS) is 12.4. The molecule has 0 spiro atoms. The molecule has 0 amide bonds. The van der Waals surface area contributed by atoms with Crippen molar-refractivity contribution in [2.24, 2.45) is 5.73 Å². The minimum atomic E-state index is -0.950. The summed E-state index contributed by atoms with van der Waals surface area (Å²) in [5.74, 6) is 1.17. The van der Waals surface area contributed by atoms with E-state index in [0.717, 1.165) is 32.5 Å². The van der Waals surface area contributed by atoms with E-state index in [4.69, 9.17) is 10.2 Å². The summed E-state index contributed by atoms with van der Waals surface area (Å²) in [6.07, 6.45) is 3.48. The first-order chi connectivity index (χ1) is 15.7. The Morgan fingerprint density at radius 3 is 1.91 bits per heavy atom. The number of hydrogen-bond donors (Lipinski definition) is 3. The van der Waals surface area contributed by atoms with Gasteiger partial charge in [0.25, 0.3) is 0 Å². The quantitative estimate of drug-likeness (QED) is 0.344. The summed E-state index contributed by atoms with van der Waals surface area (Å²) in [4.78, 5) is 6.83. The van der Waals surface area contributed by atoms with Crippen molar-refractivity contribution in [1.29, 1.82) is 0 Å². The molecule has 0 aliphatic carbocycles. The third-order valence-corrected chi connectivity index (χ3v) is 6.21. The van der Waals surface area contributed by atoms with Gasteiger partial charge in [-0.3, -0.25) is 0 Å². The van der Waals surface area contributed by atoms with Crippen LogP contribution in [0.25, 0.3) is 11.3 Å². The van der Waals surface area contributed by atoms with E-state index in [0.29, 0.717) is 6.42 Å². The van der Waals surface area contributed by atoms with Crippen LogP contribution in [0, 0.1) is 0 Å². The van der Waals surface area contributed by atoms with Crippen LogP contribution in [0.4, 0.5) is 0 Å². The number of nitrogens with zero attached hydrogens (tertiary/aromatic N) is 1. The fraction of sp³-hybridized carbons (Fsp3) is 0.444. The summed E-state index contributed by atoms with van der Waals surface area (Å²) in [5.41, 5.74) is 8.11. The lowest BCUT2D eigenvalue weighted by molar-refractivity contribution is 0.110. The molecule has 4 N–H and O–H groups in total. The number of benzene rings is 2. The Bertz CT molecular complexity index is 948. The molecule has 1 atom stereocenters. The second-order valence-corrected chi connectivity index (χ2v) is 10.1. The van der Waals surface area contributed by atoms with Gasteiger partial charge < -0.3 is 20.4 Å². The first-order valence-corrected chi connectivity index (χ1v) is 12.4. The Morgan fingerprint density at radius 1 is 0.939 bits per heavy atom. The van der Waals surface area contributed by atoms with Crippen LogP contribution in [0.1, 0.15) is 70.8 Å². The van der Waals surface area contributed by atoms with E-state index in [1.54, 1.807) is 18.0 Å². The third kappa shape index (κ3) is 8.00. The molecule has 1 aromatic heterocycles. The highest BCUT2D eigenvalue weighted by Crippen LogP contribution is 2.32. The zero-order chi connectivity index (χ0) is 24.4. The van der Waals surface area contributed by atoms with Crippen LogP contribution in [0.3, 0.4) is 0 Å². The van der Waals surface area contributed by atoms with Gasteiger partial charge in [-0.15, -0.1) is 0 Å². The fourth-order valence-corrected chi connectivity index (χ4v) is 4.10. The van der Waals surface area contributed by atoms with Crippen molar-refractivity contribution in [1.82, 2.24) is 4.98 Å². The Kier molecular flexibility index (Phi) is 10.6. The molecule has 0 aliphatic heterocycles. The van der Waals surface area contributed by atoms with Crippen molar-refractivity contribution in [3.63, 3.8) is 0 Å². The minimum Gasteiger partial charge on any atom is -0.448 e. The van der Waals surface area contributed by atoms with Crippen molar-refractivity contribution < 1.29 is 14.6 Å². The van der Waals surface area contributed by atoms with E-state index in [2.05, 4.69) is 88.1 Å². The maximum Gasteiger partial charge on any atom is 0.197 e. The zero-order valence-corrected chi connectivity index (χ0v) is 21.2. The van der Waals surface area contributed by atoms with Gasteiger partial charge in [-0.1, -0.05) is 77.1 Å². The van der Waals surface area contributed by atoms with Crippen LogP contribution < -0.4 is 5.73 Å². The van der Waals surface area contributed by atoms with E-state index in [9.17, 15) is 10.2 Å². The molecule has 2 aromatic carbocycles. The largest absolute Gasteiger partial charge is 0.448 e. The van der Waals surface area contributed by atoms with Gasteiger partial charge in [-0.05, 0) is 42.2 Å². The van der Waals surface area contributed by atoms with Crippen LogP contribution in [0.2, 0.25) is 0 Å². The second-order valence-electron chi connectivity index (χ2n) is 8.91. The highest BCUT2D eigenvalue weighted by molar-refractivity contribution is 7.99. The fourth-order valence-electron chi connectivity index (χ4n) is 3.29. The van der Waals surface area contributed by atoms with Gasteiger partial charge >= 0.3 is 0 Å². The maximum atomic E-state index is 9.41. The van der Waals surface area contributed by atoms with E-state index in [-0.39, 0.29) is 25.0 Å². The molecule has 180 valence electrons. The summed E-state index contributed by atoms with van der Waals surface area (Å²) < 4.78 is 5.53. The molecule has 0 bridgehead atoms. The molecule has 3 rings (SSSR count). The predicted molar refractivity (Wildman–Crippen MR) is 137 cm³/mol. The number of oxazole rings is 1. The predicted octanol–water partition coefficient (Wildman–Crippen LogP) is 6.21. The van der Waals surface area contributed by atoms with Gasteiger partial charge in [0.05, 0.1) is 18.8 Å². The van der Waals surface area contributed by atoms with E-state index in [1.165, 1.54) is 6.42 Å². The zero-order valence-electron chi connectivity index (χ0n) is 20.4. The summed E-state index contributed by atoms with van der Waals surface area (Å²) in [6.45, 7) is 9.97. The monoisotopic (exact) mass is 470 g/mol. The molecule has 0 aliphatic rings. The highest BCUT2D eigenvalue weighted by Gasteiger charge is 2.26. The topological polar surface area (TPSA) is 92.5 Å². The van der Waals surface area contributed by atoms with E-state index in [1.807, 2.05) is 0 Å². The molecule has 0 saturated heterocycles. The minimum absolute atomic E-state index is 0.144. The first kappa shape index (κ1) is 27.1. The third-order valence-electron chi connectivity index (χ3n) is 5.19. The summed E-state index contributed by atoms with van der Waals surface area (Å²) in [7, 11) is 0. The van der Waals surface area contributed by atoms with Crippen molar-refractivity contribution in [3.05, 3.63) is 66.2 Å². The molecule has 0 radical (unpaired) electrons. The van der Waals surface area contributed by atoms with Gasteiger partial charge in [0.15, 0.2) is 5.89 Å². The van der Waals surface area contributed by atoms with E-state index >= 15 is 0 Å². The van der Waals surface area contributed by atoms with Crippen molar-refractivity contribution in [2.75, 3.05) is 13.2 Å². The molecule has 5 nitrogen and oxygen atoms in total. The van der Waals surface area contributed by atoms with Crippen molar-refractivity contribution in [3.8, 4) is 11.3 Å². The molecule has 3 aromatic rings. The second kappa shape index (κ2) is 12.9. The maximum absolute atomic E-state index is 9.41. The molecular formula is C27H38N2O3S. The van der Waals surface area contributed by atoms with Crippen molar-refractivity contribution in [2.45, 2.75) is 74.6 Å². The SMILES string of the molecule is CC(C)c1nc(-c2ccc(Sc3ccc(C(C)CC(N)(CO)CO)cc3)cc2)co1.CCC. The van der Waals surface area contributed by atoms with Gasteiger partial charge in [-0.25, -0.2) is 4.98 Å². The van der Waals surface area contributed by atoms with Crippen molar-refractivity contribution >= 4 is 11.8 Å². The van der Waals surface area contributed by atoms with Crippen LogP contribution in [-0.2, 0) is 0 Å². The first-order valence-electron chi connectivity index (χ1n) is 11.6. The van der Waals surface area contributed by atoms with Crippen LogP contribution >= 0.6 is 11.8 Å². The number of rotatable bonds is 9. The van der Waals surface area contributed by atoms with Gasteiger partial charge in [0.2, 0.25) is 0 Å². The number of aliphatic hydroxyl groups is 2. The van der Waals surface area contributed by atoms with Gasteiger partial charge in [0.1, 0.15) is 12.0 Å². The number of aromatic nitrogens is 1. The molecule has 33 heavy (non-hydrogen) atoms. The van der Waals surface area contributed by atoms with Crippen LogP contribution in [0.5, 0.6) is 0 Å². The summed E-state index contributed by atoms with van der Waals surface area (Å²) in [5, 5.41) is 18.8. The smallest absolute Gasteiger partial charge is 0.197 e. The molecule has 0 fully saturated rings. The average Bonchev–Trinajstić information content (AvgIpc) is 3.31. The number of hydrogen-bond acceptors (Lipinski definition) is 6. The van der Waals surface area contributed by atoms with Gasteiger partial charge in [-0.2, -0.15) is 0 Å². The number of nitrogens with two attached hydrogens (primary N) is 1. The molecular weight excluding hydrogens is 432 g/mol. The van der Waals surface area contributed by atoms with Gasteiger partial charge in [0, 0.05) is 21.3 Å². The Hall–Kier alpha value is -2.12.